The largest absolute Gasteiger partial charge is 0.490 e. The van der Waals surface area contributed by atoms with E-state index in [2.05, 4.69) is 11.1 Å². The van der Waals surface area contributed by atoms with Crippen LogP contribution in [0.5, 0.6) is 11.5 Å². The van der Waals surface area contributed by atoms with Gasteiger partial charge in [-0.2, -0.15) is 0 Å². The highest BCUT2D eigenvalue weighted by molar-refractivity contribution is 7.16. The minimum Gasteiger partial charge on any atom is -0.490 e. The van der Waals surface area contributed by atoms with Gasteiger partial charge in [-0.3, -0.25) is 4.79 Å². The Morgan fingerprint density at radius 3 is 2.87 bits per heavy atom. The Bertz CT molecular complexity index is 826. The lowest BCUT2D eigenvalue weighted by Gasteiger charge is -2.16. The second-order valence-electron chi connectivity index (χ2n) is 5.34. The number of carbonyl (C=O) groups excluding carboxylic acids is 1. The van der Waals surface area contributed by atoms with E-state index in [0.717, 1.165) is 33.4 Å². The zero-order chi connectivity index (χ0) is 16.2. The minimum atomic E-state index is 0.0394. The molecule has 118 valence electrons. The molecular weight excluding hydrogens is 310 g/mol. The molecule has 1 heterocycles. The van der Waals surface area contributed by atoms with Gasteiger partial charge in [0.25, 0.3) is 0 Å². The second kappa shape index (κ2) is 6.79. The molecule has 0 atom stereocenters. The third-order valence-corrected chi connectivity index (χ3v) is 4.07. The Hall–Kier alpha value is -2.40. The summed E-state index contributed by atoms with van der Waals surface area (Å²) in [6, 6.07) is 11.7. The number of ether oxygens (including phenoxy) is 2. The zero-order valence-electron chi connectivity index (χ0n) is 13.0. The average Bonchev–Trinajstić information content (AvgIpc) is 3.01. The quantitative estimate of drug-likeness (QED) is 0.632. The van der Waals surface area contributed by atoms with Gasteiger partial charge in [0.2, 0.25) is 0 Å². The lowest BCUT2D eigenvalue weighted by Crippen LogP contribution is -2.07. The van der Waals surface area contributed by atoms with E-state index in [0.29, 0.717) is 5.75 Å². The number of aldehydes is 1. The van der Waals surface area contributed by atoms with E-state index < -0.39 is 0 Å². The molecule has 0 spiro atoms. The van der Waals surface area contributed by atoms with Crippen LogP contribution in [0, 0.1) is 0 Å². The Kier molecular flexibility index (Phi) is 4.57. The smallest absolute Gasteiger partial charge is 0.157 e. The molecule has 0 saturated heterocycles. The number of aromatic nitrogens is 1. The topological polar surface area (TPSA) is 48.4 Å². The van der Waals surface area contributed by atoms with Crippen molar-refractivity contribution in [1.82, 2.24) is 4.98 Å². The van der Waals surface area contributed by atoms with E-state index in [1.165, 1.54) is 0 Å². The van der Waals surface area contributed by atoms with Crippen molar-refractivity contribution in [2.75, 3.05) is 6.61 Å². The summed E-state index contributed by atoms with van der Waals surface area (Å²) < 4.78 is 12.5. The first-order valence-corrected chi connectivity index (χ1v) is 8.26. The molecule has 0 bridgehead atoms. The molecule has 1 aromatic heterocycles. The summed E-state index contributed by atoms with van der Waals surface area (Å²) in [4.78, 5) is 14.8. The number of hydrogen-bond donors (Lipinski definition) is 0. The average molecular weight is 327 g/mol. The van der Waals surface area contributed by atoms with E-state index in [4.69, 9.17) is 9.47 Å². The summed E-state index contributed by atoms with van der Waals surface area (Å²) in [7, 11) is 0. The number of nitrogens with zero attached hydrogens (tertiary/aromatic N) is 1. The Balaban J connectivity index is 2.06. The first-order valence-electron chi connectivity index (χ1n) is 7.38. The van der Waals surface area contributed by atoms with Crippen LogP contribution in [-0.4, -0.2) is 24.0 Å². The number of thiazole rings is 1. The lowest BCUT2D eigenvalue weighted by molar-refractivity contribution is -0.109. The van der Waals surface area contributed by atoms with Crippen LogP contribution in [-0.2, 0) is 4.79 Å². The predicted molar refractivity (Wildman–Crippen MR) is 92.4 cm³/mol. The summed E-state index contributed by atoms with van der Waals surface area (Å²) in [5.41, 5.74) is 4.80. The van der Waals surface area contributed by atoms with Gasteiger partial charge in [-0.15, -0.1) is 11.3 Å². The molecule has 4 nitrogen and oxygen atoms in total. The summed E-state index contributed by atoms with van der Waals surface area (Å²) in [6.45, 7) is 4.03. The highest BCUT2D eigenvalue weighted by Gasteiger charge is 2.11. The maximum Gasteiger partial charge on any atom is 0.157 e. The SMILES string of the molecule is CC(C)Oc1ccc(OCC=O)cc1-c1ccc2ncsc2c1. The van der Waals surface area contributed by atoms with E-state index in [9.17, 15) is 4.79 Å². The van der Waals surface area contributed by atoms with Crippen molar-refractivity contribution in [2.24, 2.45) is 0 Å². The van der Waals surface area contributed by atoms with Gasteiger partial charge < -0.3 is 9.47 Å². The molecule has 23 heavy (non-hydrogen) atoms. The highest BCUT2D eigenvalue weighted by atomic mass is 32.1. The van der Waals surface area contributed by atoms with Gasteiger partial charge in [-0.05, 0) is 49.7 Å². The first-order chi connectivity index (χ1) is 11.2. The van der Waals surface area contributed by atoms with Gasteiger partial charge in [-0.25, -0.2) is 4.98 Å². The van der Waals surface area contributed by atoms with Crippen LogP contribution in [0.15, 0.2) is 41.9 Å². The third-order valence-electron chi connectivity index (χ3n) is 3.27. The molecule has 3 aromatic rings. The van der Waals surface area contributed by atoms with Crippen molar-refractivity contribution in [3.05, 3.63) is 41.9 Å². The molecule has 0 aliphatic rings. The number of carbonyl (C=O) groups is 1. The van der Waals surface area contributed by atoms with Crippen molar-refractivity contribution in [1.29, 1.82) is 0 Å². The van der Waals surface area contributed by atoms with Crippen molar-refractivity contribution >= 4 is 27.8 Å². The fourth-order valence-corrected chi connectivity index (χ4v) is 3.05. The molecule has 3 rings (SSSR count). The number of hydrogen-bond acceptors (Lipinski definition) is 5. The van der Waals surface area contributed by atoms with E-state index in [1.54, 1.807) is 11.3 Å². The fourth-order valence-electron chi connectivity index (χ4n) is 2.33. The maximum atomic E-state index is 10.5. The van der Waals surface area contributed by atoms with E-state index in [-0.39, 0.29) is 12.7 Å². The first kappa shape index (κ1) is 15.5. The van der Waals surface area contributed by atoms with Crippen molar-refractivity contribution in [3.63, 3.8) is 0 Å². The Morgan fingerprint density at radius 2 is 2.09 bits per heavy atom. The maximum absolute atomic E-state index is 10.5. The molecule has 0 saturated carbocycles. The van der Waals surface area contributed by atoms with Crippen LogP contribution >= 0.6 is 11.3 Å². The summed E-state index contributed by atoms with van der Waals surface area (Å²) in [6.07, 6.45) is 0.810. The summed E-state index contributed by atoms with van der Waals surface area (Å²) >= 11 is 1.60. The molecule has 0 radical (unpaired) electrons. The number of benzene rings is 2. The van der Waals surface area contributed by atoms with Crippen molar-refractivity contribution in [2.45, 2.75) is 20.0 Å². The van der Waals surface area contributed by atoms with Gasteiger partial charge in [0, 0.05) is 5.56 Å². The van der Waals surface area contributed by atoms with Gasteiger partial charge in [-0.1, -0.05) is 6.07 Å². The van der Waals surface area contributed by atoms with Gasteiger partial charge in [0.15, 0.2) is 6.29 Å². The van der Waals surface area contributed by atoms with Crippen LogP contribution in [0.25, 0.3) is 21.3 Å². The van der Waals surface area contributed by atoms with Crippen LogP contribution < -0.4 is 9.47 Å². The Labute approximate surface area is 138 Å². The van der Waals surface area contributed by atoms with E-state index in [1.807, 2.05) is 49.7 Å². The molecule has 0 fully saturated rings. The molecule has 0 aliphatic carbocycles. The molecule has 0 unspecified atom stereocenters. The van der Waals surface area contributed by atoms with Crippen LogP contribution in [0.2, 0.25) is 0 Å². The standard InChI is InChI=1S/C18H17NO3S/c1-12(2)22-17-6-4-14(21-8-7-20)10-15(17)13-3-5-16-18(9-13)23-11-19-16/h3-7,9-12H,8H2,1-2H3. The van der Waals surface area contributed by atoms with Crippen molar-refractivity contribution < 1.29 is 14.3 Å². The van der Waals surface area contributed by atoms with Crippen LogP contribution in [0.4, 0.5) is 0 Å². The minimum absolute atomic E-state index is 0.0394. The summed E-state index contributed by atoms with van der Waals surface area (Å²) in [5, 5.41) is 0. The molecule has 2 aromatic carbocycles. The van der Waals surface area contributed by atoms with Crippen LogP contribution in [0.3, 0.4) is 0 Å². The molecule has 0 amide bonds. The Morgan fingerprint density at radius 1 is 1.22 bits per heavy atom. The third kappa shape index (κ3) is 3.51. The van der Waals surface area contributed by atoms with Crippen molar-refractivity contribution in [3.8, 4) is 22.6 Å². The van der Waals surface area contributed by atoms with Crippen LogP contribution in [0.1, 0.15) is 13.8 Å². The molecular formula is C18H17NO3S. The van der Waals surface area contributed by atoms with E-state index >= 15 is 0 Å². The predicted octanol–water partition coefficient (Wildman–Crippen LogP) is 4.33. The van der Waals surface area contributed by atoms with Gasteiger partial charge >= 0.3 is 0 Å². The number of fused-ring (bicyclic) bond motifs is 1. The number of rotatable bonds is 6. The van der Waals surface area contributed by atoms with Gasteiger partial charge in [0.05, 0.1) is 21.8 Å². The second-order valence-corrected chi connectivity index (χ2v) is 6.22. The summed E-state index contributed by atoms with van der Waals surface area (Å²) in [5.74, 6) is 1.44. The normalized spacial score (nSPS) is 10.9. The highest BCUT2D eigenvalue weighted by Crippen LogP contribution is 2.36. The fraction of sp³-hybridized carbons (Fsp3) is 0.222. The molecule has 0 aliphatic heterocycles. The monoisotopic (exact) mass is 327 g/mol. The van der Waals surface area contributed by atoms with Gasteiger partial charge in [0.1, 0.15) is 18.1 Å². The lowest BCUT2D eigenvalue weighted by atomic mass is 10.0. The zero-order valence-corrected chi connectivity index (χ0v) is 13.8. The molecule has 0 N–H and O–H groups in total. The molecule has 5 heteroatoms.